The molecule has 0 bridgehead atoms. The number of hydrogen-bond donors (Lipinski definition) is 1. The van der Waals surface area contributed by atoms with E-state index in [4.69, 9.17) is 4.89 Å². The summed E-state index contributed by atoms with van der Waals surface area (Å²) in [5, 5.41) is 9.89. The summed E-state index contributed by atoms with van der Waals surface area (Å²) in [5.41, 5.74) is 0.976. The van der Waals surface area contributed by atoms with Crippen molar-refractivity contribution in [2.24, 2.45) is 0 Å². The normalized spacial score (nSPS) is 12.0. The van der Waals surface area contributed by atoms with Crippen molar-refractivity contribution in [1.82, 2.24) is 0 Å². The molecule has 0 radical (unpaired) electrons. The van der Waals surface area contributed by atoms with E-state index < -0.39 is 6.10 Å². The molecule has 1 atom stereocenters. The van der Waals surface area contributed by atoms with E-state index in [1.165, 1.54) is 7.11 Å². The van der Waals surface area contributed by atoms with Gasteiger partial charge in [-0.2, -0.15) is 0 Å². The Morgan fingerprint density at radius 1 is 0.957 bits per heavy atom. The van der Waals surface area contributed by atoms with Gasteiger partial charge in [0.25, 0.3) is 0 Å². The molecule has 1 unspecified atom stereocenters. The second kappa shape index (κ2) is 9.20. The van der Waals surface area contributed by atoms with E-state index in [2.05, 4.69) is 4.89 Å². The van der Waals surface area contributed by atoms with E-state index in [1.54, 1.807) is 48.5 Å². The Morgan fingerprint density at radius 2 is 1.43 bits per heavy atom. The molecule has 0 heterocycles. The molecule has 0 aliphatic carbocycles. The lowest BCUT2D eigenvalue weighted by molar-refractivity contribution is -0.330. The number of carbonyl (C=O) groups is 1. The maximum atomic E-state index is 11.9. The lowest BCUT2D eigenvalue weighted by Crippen LogP contribution is -2.17. The second-order valence-electron chi connectivity index (χ2n) is 5.91. The van der Waals surface area contributed by atoms with E-state index in [9.17, 15) is 9.90 Å². The number of hydrogen-bond acceptors (Lipinski definition) is 4. The molecule has 1 N–H and O–H groups in total. The van der Waals surface area contributed by atoms with Gasteiger partial charge in [0.05, 0.1) is 12.7 Å². The van der Waals surface area contributed by atoms with Crippen LogP contribution in [0.15, 0.2) is 60.7 Å². The van der Waals surface area contributed by atoms with Crippen molar-refractivity contribution in [2.75, 3.05) is 7.11 Å². The number of Topliss-reactive ketones (excluding diaryl/α,β-unsaturated/α-hetero) is 1. The summed E-state index contributed by atoms with van der Waals surface area (Å²) in [6, 6.07) is 17.7. The fourth-order valence-corrected chi connectivity index (χ4v) is 1.80. The molecule has 0 aliphatic rings. The predicted octanol–water partition coefficient (Wildman–Crippen LogP) is 3.97. The Bertz CT molecular complexity index is 573. The molecule has 2 aromatic rings. The van der Waals surface area contributed by atoms with Gasteiger partial charge in [-0.25, -0.2) is 9.78 Å². The first-order valence-corrected chi connectivity index (χ1v) is 7.39. The minimum absolute atomic E-state index is 0.172. The summed E-state index contributed by atoms with van der Waals surface area (Å²) >= 11 is 0. The van der Waals surface area contributed by atoms with Gasteiger partial charge in [0, 0.05) is 5.56 Å². The zero-order chi connectivity index (χ0) is 17.3. The summed E-state index contributed by atoms with van der Waals surface area (Å²) < 4.78 is 0. The lowest BCUT2D eigenvalue weighted by Gasteiger charge is -2.14. The maximum Gasteiger partial charge on any atom is 0.195 e. The van der Waals surface area contributed by atoms with Crippen LogP contribution in [0.2, 0.25) is 0 Å². The van der Waals surface area contributed by atoms with Gasteiger partial charge in [-0.1, -0.05) is 60.7 Å². The summed E-state index contributed by atoms with van der Waals surface area (Å²) in [6.45, 7) is 5.78. The Labute approximate surface area is 137 Å². The first-order valence-electron chi connectivity index (χ1n) is 7.39. The topological polar surface area (TPSA) is 55.8 Å². The van der Waals surface area contributed by atoms with E-state index >= 15 is 0 Å². The van der Waals surface area contributed by atoms with E-state index in [1.807, 2.05) is 32.9 Å². The van der Waals surface area contributed by atoms with Crippen LogP contribution in [0.5, 0.6) is 0 Å². The van der Waals surface area contributed by atoms with Gasteiger partial charge in [-0.05, 0) is 26.3 Å². The number of benzene rings is 2. The highest BCUT2D eigenvalue weighted by atomic mass is 17.2. The predicted molar refractivity (Wildman–Crippen MR) is 90.0 cm³/mol. The fourth-order valence-electron chi connectivity index (χ4n) is 1.80. The molecule has 0 aliphatic heterocycles. The molecule has 124 valence electrons. The van der Waals surface area contributed by atoms with Crippen molar-refractivity contribution in [3.8, 4) is 0 Å². The second-order valence-corrected chi connectivity index (χ2v) is 5.91. The first kappa shape index (κ1) is 19.0. The van der Waals surface area contributed by atoms with E-state index in [0.717, 1.165) is 0 Å². The van der Waals surface area contributed by atoms with Crippen LogP contribution in [0, 0.1) is 0 Å². The van der Waals surface area contributed by atoms with Gasteiger partial charge in [0.2, 0.25) is 0 Å². The van der Waals surface area contributed by atoms with Crippen molar-refractivity contribution in [2.45, 2.75) is 32.5 Å². The molecule has 2 aromatic carbocycles. The summed E-state index contributed by atoms with van der Waals surface area (Å²) in [5.74, 6) is -0.271. The van der Waals surface area contributed by atoms with Crippen LogP contribution in [0.1, 0.15) is 42.8 Å². The van der Waals surface area contributed by atoms with Gasteiger partial charge in [-0.15, -0.1) is 0 Å². The summed E-state index contributed by atoms with van der Waals surface area (Å²) in [6.07, 6.45) is -1.08. The highest BCUT2D eigenvalue weighted by molar-refractivity contribution is 5.99. The number of carbonyl (C=O) groups excluding carboxylic acids is 1. The quantitative estimate of drug-likeness (QED) is 0.527. The van der Waals surface area contributed by atoms with Crippen molar-refractivity contribution < 1.29 is 19.7 Å². The average Bonchev–Trinajstić information content (AvgIpc) is 2.54. The minimum atomic E-state index is -1.08. The minimum Gasteiger partial charge on any atom is -0.380 e. The Kier molecular flexibility index (Phi) is 7.62. The van der Waals surface area contributed by atoms with Crippen molar-refractivity contribution in [3.05, 3.63) is 71.8 Å². The lowest BCUT2D eigenvalue weighted by atomic mass is 10.0. The molecule has 0 aromatic heterocycles. The molecule has 0 saturated heterocycles. The van der Waals surface area contributed by atoms with Crippen LogP contribution in [-0.2, 0) is 9.78 Å². The summed E-state index contributed by atoms with van der Waals surface area (Å²) in [7, 11) is 1.51. The number of ketones is 1. The molecule has 4 nitrogen and oxygen atoms in total. The van der Waals surface area contributed by atoms with Crippen LogP contribution in [-0.4, -0.2) is 23.6 Å². The van der Waals surface area contributed by atoms with Crippen LogP contribution in [0.4, 0.5) is 0 Å². The van der Waals surface area contributed by atoms with E-state index in [-0.39, 0.29) is 11.4 Å². The standard InChI is InChI=1S/C14H12O2.C5H12O2/c15-13(11-7-3-1-4-8-11)14(16)12-9-5-2-6-10-12;1-5(2,3)7-6-4/h1-10,13,15H;1-4H3. The smallest absolute Gasteiger partial charge is 0.195 e. The van der Waals surface area contributed by atoms with Crippen LogP contribution < -0.4 is 0 Å². The zero-order valence-corrected chi connectivity index (χ0v) is 14.0. The SMILES string of the molecule is COOC(C)(C)C.O=C(c1ccccc1)C(O)c1ccccc1. The molecule has 4 heteroatoms. The third-order valence-corrected chi connectivity index (χ3v) is 2.76. The highest BCUT2D eigenvalue weighted by Gasteiger charge is 2.18. The third kappa shape index (κ3) is 7.19. The van der Waals surface area contributed by atoms with Gasteiger partial charge in [-0.3, -0.25) is 4.79 Å². The van der Waals surface area contributed by atoms with Crippen molar-refractivity contribution >= 4 is 5.78 Å². The molecule has 2 rings (SSSR count). The van der Waals surface area contributed by atoms with Gasteiger partial charge < -0.3 is 5.11 Å². The average molecular weight is 316 g/mol. The molecule has 23 heavy (non-hydrogen) atoms. The van der Waals surface area contributed by atoms with Crippen molar-refractivity contribution in [1.29, 1.82) is 0 Å². The Hall–Kier alpha value is -2.01. The third-order valence-electron chi connectivity index (χ3n) is 2.76. The summed E-state index contributed by atoms with van der Waals surface area (Å²) in [4.78, 5) is 21.0. The molecule has 0 spiro atoms. The van der Waals surface area contributed by atoms with Crippen molar-refractivity contribution in [3.63, 3.8) is 0 Å². The molecular formula is C19H24O4. The Balaban J connectivity index is 0.000000322. The number of aliphatic hydroxyl groups is 1. The fraction of sp³-hybridized carbons (Fsp3) is 0.316. The number of rotatable bonds is 4. The van der Waals surface area contributed by atoms with Gasteiger partial charge in [0.15, 0.2) is 5.78 Å². The van der Waals surface area contributed by atoms with E-state index in [0.29, 0.717) is 11.1 Å². The molecular weight excluding hydrogens is 292 g/mol. The maximum absolute atomic E-state index is 11.9. The molecule has 0 amide bonds. The Morgan fingerprint density at radius 3 is 1.83 bits per heavy atom. The van der Waals surface area contributed by atoms with Crippen LogP contribution in [0.25, 0.3) is 0 Å². The monoisotopic (exact) mass is 316 g/mol. The first-order chi connectivity index (χ1) is 10.8. The molecule has 0 fully saturated rings. The highest BCUT2D eigenvalue weighted by Crippen LogP contribution is 2.17. The van der Waals surface area contributed by atoms with Gasteiger partial charge in [0.1, 0.15) is 6.10 Å². The van der Waals surface area contributed by atoms with Crippen LogP contribution in [0.3, 0.4) is 0 Å². The number of aliphatic hydroxyl groups excluding tert-OH is 1. The largest absolute Gasteiger partial charge is 0.380 e. The van der Waals surface area contributed by atoms with Crippen LogP contribution >= 0.6 is 0 Å². The zero-order valence-electron chi connectivity index (χ0n) is 14.0. The molecule has 0 saturated carbocycles. The van der Waals surface area contributed by atoms with Gasteiger partial charge >= 0.3 is 0 Å².